The van der Waals surface area contributed by atoms with Crippen LogP contribution in [0.3, 0.4) is 0 Å². The van der Waals surface area contributed by atoms with Gasteiger partial charge in [0.15, 0.2) is 5.78 Å². The van der Waals surface area contributed by atoms with Crippen LogP contribution in [0, 0.1) is 5.92 Å². The van der Waals surface area contributed by atoms with Crippen LogP contribution in [0.4, 0.5) is 0 Å². The number of Topliss-reactive ketones (excluding diaryl/α,β-unsaturated/α-hetero) is 1. The fourth-order valence-electron chi connectivity index (χ4n) is 2.27. The van der Waals surface area contributed by atoms with Gasteiger partial charge in [-0.05, 0) is 30.2 Å². The monoisotopic (exact) mass is 320 g/mol. The molecule has 0 aliphatic heterocycles. The van der Waals surface area contributed by atoms with Crippen LogP contribution in [-0.4, -0.2) is 31.5 Å². The van der Waals surface area contributed by atoms with Crippen molar-refractivity contribution in [2.75, 3.05) is 20.0 Å². The van der Waals surface area contributed by atoms with Crippen molar-refractivity contribution in [3.8, 4) is 11.5 Å². The highest BCUT2D eigenvalue weighted by Gasteiger charge is 2.32. The molecular weight excluding hydrogens is 300 g/mol. The molecule has 0 N–H and O–H groups in total. The molecule has 0 heterocycles. The second kappa shape index (κ2) is 7.01. The summed E-state index contributed by atoms with van der Waals surface area (Å²) in [7, 11) is 2.97. The standard InChI is InChI=1S/C17H20O4S/c1-10(2)7-8-22-14-9-11(18)15-12(20-3)5-6-13(21-4)16(15)17(14)19/h5-6,9-10H,7-8H2,1-4H3. The van der Waals surface area contributed by atoms with Crippen LogP contribution in [0.1, 0.15) is 41.0 Å². The van der Waals surface area contributed by atoms with Gasteiger partial charge in [0.25, 0.3) is 0 Å². The first-order valence-electron chi connectivity index (χ1n) is 7.18. The van der Waals surface area contributed by atoms with Crippen molar-refractivity contribution >= 4 is 23.3 Å². The molecule has 0 saturated carbocycles. The Morgan fingerprint density at radius 3 is 2.18 bits per heavy atom. The Hall–Kier alpha value is -1.75. The zero-order valence-corrected chi connectivity index (χ0v) is 14.1. The molecule has 1 aromatic rings. The van der Waals surface area contributed by atoms with Gasteiger partial charge in [0.05, 0.1) is 30.3 Å². The summed E-state index contributed by atoms with van der Waals surface area (Å²) in [5, 5.41) is 0. The topological polar surface area (TPSA) is 52.6 Å². The van der Waals surface area contributed by atoms with E-state index in [-0.39, 0.29) is 11.6 Å². The highest BCUT2D eigenvalue weighted by molar-refractivity contribution is 8.04. The first-order valence-corrected chi connectivity index (χ1v) is 8.16. The normalized spacial score (nSPS) is 14.0. The Morgan fingerprint density at radius 2 is 1.64 bits per heavy atom. The molecular formula is C17H20O4S. The molecule has 118 valence electrons. The zero-order valence-electron chi connectivity index (χ0n) is 13.3. The van der Waals surface area contributed by atoms with Crippen LogP contribution in [0.5, 0.6) is 11.5 Å². The molecule has 4 nitrogen and oxygen atoms in total. The number of rotatable bonds is 6. The van der Waals surface area contributed by atoms with Crippen molar-refractivity contribution < 1.29 is 19.1 Å². The summed E-state index contributed by atoms with van der Waals surface area (Å²) in [6.45, 7) is 4.26. The number of thioether (sulfide) groups is 1. The van der Waals surface area contributed by atoms with E-state index in [1.165, 1.54) is 32.1 Å². The lowest BCUT2D eigenvalue weighted by Gasteiger charge is -2.19. The van der Waals surface area contributed by atoms with E-state index in [0.717, 1.165) is 12.2 Å². The molecule has 0 bridgehead atoms. The number of benzene rings is 1. The molecule has 1 aliphatic rings. The molecule has 0 unspecified atom stereocenters. The van der Waals surface area contributed by atoms with Crippen LogP contribution in [0.15, 0.2) is 23.1 Å². The van der Waals surface area contributed by atoms with Gasteiger partial charge in [-0.2, -0.15) is 0 Å². The van der Waals surface area contributed by atoms with Gasteiger partial charge in [0.1, 0.15) is 11.5 Å². The maximum atomic E-state index is 12.7. The smallest absolute Gasteiger partial charge is 0.204 e. The lowest BCUT2D eigenvalue weighted by Crippen LogP contribution is -2.18. The Bertz CT molecular complexity index is 632. The van der Waals surface area contributed by atoms with Crippen LogP contribution >= 0.6 is 11.8 Å². The van der Waals surface area contributed by atoms with E-state index in [0.29, 0.717) is 33.4 Å². The maximum absolute atomic E-state index is 12.7. The minimum atomic E-state index is -0.211. The van der Waals surface area contributed by atoms with E-state index in [2.05, 4.69) is 13.8 Å². The molecule has 22 heavy (non-hydrogen) atoms. The largest absolute Gasteiger partial charge is 0.496 e. The van der Waals surface area contributed by atoms with Crippen molar-refractivity contribution in [1.82, 2.24) is 0 Å². The number of allylic oxidation sites excluding steroid dienone is 2. The van der Waals surface area contributed by atoms with Gasteiger partial charge in [0, 0.05) is 6.08 Å². The number of carbonyl (C=O) groups is 2. The second-order valence-corrected chi connectivity index (χ2v) is 6.59. The Kier molecular flexibility index (Phi) is 5.29. The lowest BCUT2D eigenvalue weighted by atomic mass is 9.93. The molecule has 0 atom stereocenters. The zero-order chi connectivity index (χ0) is 16.3. The molecule has 0 radical (unpaired) electrons. The van der Waals surface area contributed by atoms with Gasteiger partial charge in [0.2, 0.25) is 5.78 Å². The number of ketones is 2. The van der Waals surface area contributed by atoms with Crippen molar-refractivity contribution in [2.24, 2.45) is 5.92 Å². The third-order valence-corrected chi connectivity index (χ3v) is 4.53. The number of carbonyl (C=O) groups excluding carboxylic acids is 2. The number of hydrogen-bond donors (Lipinski definition) is 0. The van der Waals surface area contributed by atoms with E-state index >= 15 is 0 Å². The van der Waals surface area contributed by atoms with E-state index < -0.39 is 0 Å². The van der Waals surface area contributed by atoms with Crippen molar-refractivity contribution in [2.45, 2.75) is 20.3 Å². The molecule has 0 fully saturated rings. The third-order valence-electron chi connectivity index (χ3n) is 3.48. The van der Waals surface area contributed by atoms with Crippen molar-refractivity contribution in [3.63, 3.8) is 0 Å². The van der Waals surface area contributed by atoms with Gasteiger partial charge >= 0.3 is 0 Å². The Balaban J connectivity index is 2.38. The molecule has 0 spiro atoms. The lowest BCUT2D eigenvalue weighted by molar-refractivity contribution is 0.0986. The summed E-state index contributed by atoms with van der Waals surface area (Å²) in [5.74, 6) is 1.80. The van der Waals surface area contributed by atoms with Crippen LogP contribution in [0.25, 0.3) is 0 Å². The van der Waals surface area contributed by atoms with Crippen molar-refractivity contribution in [1.29, 1.82) is 0 Å². The molecule has 0 amide bonds. The summed E-state index contributed by atoms with van der Waals surface area (Å²) >= 11 is 1.43. The van der Waals surface area contributed by atoms with Gasteiger partial charge in [-0.1, -0.05) is 13.8 Å². The summed E-state index contributed by atoms with van der Waals surface area (Å²) in [5.41, 5.74) is 0.599. The van der Waals surface area contributed by atoms with Gasteiger partial charge in [-0.15, -0.1) is 11.8 Å². The number of methoxy groups -OCH3 is 2. The molecule has 5 heteroatoms. The third kappa shape index (κ3) is 3.19. The average molecular weight is 320 g/mol. The first kappa shape index (κ1) is 16.6. The second-order valence-electron chi connectivity index (χ2n) is 5.45. The molecule has 2 rings (SSSR count). The predicted octanol–water partition coefficient (Wildman–Crippen LogP) is 3.75. The van der Waals surface area contributed by atoms with Gasteiger partial charge < -0.3 is 9.47 Å². The summed E-state index contributed by atoms with van der Waals surface area (Å²) < 4.78 is 10.5. The van der Waals surface area contributed by atoms with Crippen molar-refractivity contribution in [3.05, 3.63) is 34.2 Å². The minimum Gasteiger partial charge on any atom is -0.496 e. The SMILES string of the molecule is COc1ccc(OC)c2c1C(=O)C=C(SCCC(C)C)C2=O. The minimum absolute atomic E-state index is 0.167. The van der Waals surface area contributed by atoms with E-state index in [9.17, 15) is 9.59 Å². The molecule has 1 aliphatic carbocycles. The number of fused-ring (bicyclic) bond motifs is 1. The Labute approximate surface area is 134 Å². The fourth-order valence-corrected chi connectivity index (χ4v) is 3.50. The quantitative estimate of drug-likeness (QED) is 0.799. The van der Waals surface area contributed by atoms with Crippen LogP contribution in [-0.2, 0) is 0 Å². The summed E-state index contributed by atoms with van der Waals surface area (Å²) in [4.78, 5) is 25.6. The molecule has 0 aromatic heterocycles. The number of ether oxygens (including phenoxy) is 2. The number of hydrogen-bond acceptors (Lipinski definition) is 5. The first-order chi connectivity index (χ1) is 10.5. The molecule has 0 saturated heterocycles. The van der Waals surface area contributed by atoms with E-state index in [1.54, 1.807) is 12.1 Å². The highest BCUT2D eigenvalue weighted by Crippen LogP contribution is 2.38. The van der Waals surface area contributed by atoms with E-state index in [4.69, 9.17) is 9.47 Å². The fraction of sp³-hybridized carbons (Fsp3) is 0.412. The van der Waals surface area contributed by atoms with Crippen LogP contribution in [0.2, 0.25) is 0 Å². The highest BCUT2D eigenvalue weighted by atomic mass is 32.2. The van der Waals surface area contributed by atoms with Crippen LogP contribution < -0.4 is 9.47 Å². The molecule has 1 aromatic carbocycles. The average Bonchev–Trinajstić information content (AvgIpc) is 2.50. The van der Waals surface area contributed by atoms with Gasteiger partial charge in [-0.25, -0.2) is 0 Å². The van der Waals surface area contributed by atoms with Gasteiger partial charge in [-0.3, -0.25) is 9.59 Å². The maximum Gasteiger partial charge on any atom is 0.204 e. The summed E-state index contributed by atoms with van der Waals surface area (Å²) in [6, 6.07) is 3.30. The predicted molar refractivity (Wildman–Crippen MR) is 88.2 cm³/mol. The summed E-state index contributed by atoms with van der Waals surface area (Å²) in [6.07, 6.45) is 2.41. The Morgan fingerprint density at radius 1 is 1.05 bits per heavy atom. The van der Waals surface area contributed by atoms with E-state index in [1.807, 2.05) is 0 Å².